The zero-order valence-corrected chi connectivity index (χ0v) is 12.9. The minimum absolute atomic E-state index is 0.0124. The van der Waals surface area contributed by atoms with Crippen molar-refractivity contribution in [3.63, 3.8) is 0 Å². The summed E-state index contributed by atoms with van der Waals surface area (Å²) in [6, 6.07) is 1.49. The van der Waals surface area contributed by atoms with Crippen LogP contribution in [-0.2, 0) is 0 Å². The Labute approximate surface area is 133 Å². The number of thioether (sulfide) groups is 1. The molecule has 2 aromatic rings. The molecule has 0 radical (unpaired) electrons. The molecule has 0 atom stereocenters. The fourth-order valence-electron chi connectivity index (χ4n) is 1.51. The van der Waals surface area contributed by atoms with Gasteiger partial charge in [0, 0.05) is 6.20 Å². The number of anilines is 2. The van der Waals surface area contributed by atoms with Crippen LogP contribution in [0.5, 0.6) is 0 Å². The highest BCUT2D eigenvalue weighted by molar-refractivity contribution is 7.98. The predicted octanol–water partition coefficient (Wildman–Crippen LogP) is 2.04. The number of aromatic amines is 1. The van der Waals surface area contributed by atoms with Crippen molar-refractivity contribution in [2.45, 2.75) is 5.16 Å². The lowest BCUT2D eigenvalue weighted by Gasteiger charge is -2.10. The second kappa shape index (κ2) is 6.33. The number of nitrogens with two attached hydrogens (primary N) is 1. The van der Waals surface area contributed by atoms with Crippen molar-refractivity contribution in [3.05, 3.63) is 38.4 Å². The number of primary amides is 1. The SMILES string of the molecule is CSc1nc(Nc2cc(Cl)cnc2Cl)c(C(N)=O)c(=O)[nH]1. The number of nitrogens with one attached hydrogen (secondary N) is 2. The van der Waals surface area contributed by atoms with Crippen molar-refractivity contribution < 1.29 is 4.79 Å². The summed E-state index contributed by atoms with van der Waals surface area (Å²) in [5, 5.41) is 3.52. The fourth-order valence-corrected chi connectivity index (χ4v) is 2.19. The predicted molar refractivity (Wildman–Crippen MR) is 82.7 cm³/mol. The molecular formula is C11H9Cl2N5O2S. The highest BCUT2D eigenvalue weighted by Gasteiger charge is 2.18. The summed E-state index contributed by atoms with van der Waals surface area (Å²) in [5.74, 6) is -0.924. The first-order valence-electron chi connectivity index (χ1n) is 5.48. The van der Waals surface area contributed by atoms with Crippen LogP contribution in [0.3, 0.4) is 0 Å². The van der Waals surface area contributed by atoms with Crippen LogP contribution in [0.2, 0.25) is 10.2 Å². The molecule has 1 amide bonds. The Balaban J connectivity index is 2.57. The van der Waals surface area contributed by atoms with Crippen molar-refractivity contribution in [1.29, 1.82) is 0 Å². The molecule has 0 aromatic carbocycles. The summed E-state index contributed by atoms with van der Waals surface area (Å²) in [5.41, 5.74) is 4.57. The average molecular weight is 346 g/mol. The van der Waals surface area contributed by atoms with E-state index in [9.17, 15) is 9.59 Å². The van der Waals surface area contributed by atoms with Crippen LogP contribution in [0.1, 0.15) is 10.4 Å². The van der Waals surface area contributed by atoms with Crippen molar-refractivity contribution >= 4 is 52.4 Å². The number of rotatable bonds is 4. The number of H-pyrrole nitrogens is 1. The lowest BCUT2D eigenvalue weighted by Crippen LogP contribution is -2.26. The minimum atomic E-state index is -0.912. The maximum absolute atomic E-state index is 11.9. The van der Waals surface area contributed by atoms with Gasteiger partial charge < -0.3 is 16.0 Å². The highest BCUT2D eigenvalue weighted by Crippen LogP contribution is 2.26. The topological polar surface area (TPSA) is 114 Å². The molecule has 0 fully saturated rings. The van der Waals surface area contributed by atoms with Gasteiger partial charge in [0.2, 0.25) is 0 Å². The maximum atomic E-state index is 11.9. The maximum Gasteiger partial charge on any atom is 0.266 e. The Morgan fingerprint density at radius 1 is 1.48 bits per heavy atom. The zero-order chi connectivity index (χ0) is 15.6. The van der Waals surface area contributed by atoms with Crippen LogP contribution in [0.25, 0.3) is 0 Å². The van der Waals surface area contributed by atoms with E-state index in [2.05, 4.69) is 20.3 Å². The fraction of sp³-hybridized carbons (Fsp3) is 0.0909. The molecule has 0 saturated carbocycles. The van der Waals surface area contributed by atoms with Gasteiger partial charge in [-0.25, -0.2) is 9.97 Å². The summed E-state index contributed by atoms with van der Waals surface area (Å²) in [7, 11) is 0. The first-order chi connectivity index (χ1) is 9.92. The van der Waals surface area contributed by atoms with Crippen LogP contribution in [0.4, 0.5) is 11.5 Å². The number of amides is 1. The third kappa shape index (κ3) is 3.46. The molecule has 0 unspecified atom stereocenters. The largest absolute Gasteiger partial charge is 0.365 e. The lowest BCUT2D eigenvalue weighted by molar-refractivity contribution is 0.0999. The van der Waals surface area contributed by atoms with E-state index in [4.69, 9.17) is 28.9 Å². The monoisotopic (exact) mass is 345 g/mol. The molecule has 0 aliphatic rings. The lowest BCUT2D eigenvalue weighted by atomic mass is 10.3. The first kappa shape index (κ1) is 15.6. The molecule has 0 aliphatic carbocycles. The van der Waals surface area contributed by atoms with E-state index in [-0.39, 0.29) is 16.5 Å². The van der Waals surface area contributed by atoms with Crippen LogP contribution >= 0.6 is 35.0 Å². The van der Waals surface area contributed by atoms with E-state index >= 15 is 0 Å². The van der Waals surface area contributed by atoms with Crippen LogP contribution in [-0.4, -0.2) is 27.1 Å². The van der Waals surface area contributed by atoms with E-state index in [1.807, 2.05) is 0 Å². The van der Waals surface area contributed by atoms with Crippen molar-refractivity contribution in [2.24, 2.45) is 5.73 Å². The standard InChI is InChI=1S/C11H9Cl2N5O2S/c1-21-11-17-9(6(8(14)19)10(20)18-11)16-5-2-4(12)3-15-7(5)13/h2-3H,1H3,(H2,14,19)(H2,16,17,18,20). The number of pyridine rings is 1. The van der Waals surface area contributed by atoms with Gasteiger partial charge in [0.05, 0.1) is 10.7 Å². The van der Waals surface area contributed by atoms with E-state index in [1.54, 1.807) is 6.26 Å². The Morgan fingerprint density at radius 2 is 2.19 bits per heavy atom. The minimum Gasteiger partial charge on any atom is -0.365 e. The molecular weight excluding hydrogens is 337 g/mol. The Morgan fingerprint density at radius 3 is 2.81 bits per heavy atom. The number of hydrogen-bond acceptors (Lipinski definition) is 6. The summed E-state index contributed by atoms with van der Waals surface area (Å²) in [6.45, 7) is 0. The second-order valence-electron chi connectivity index (χ2n) is 3.78. The third-order valence-electron chi connectivity index (χ3n) is 2.40. The molecule has 0 aliphatic heterocycles. The Hall–Kier alpha value is -1.77. The normalized spacial score (nSPS) is 10.4. The first-order valence-corrected chi connectivity index (χ1v) is 7.46. The van der Waals surface area contributed by atoms with Crippen molar-refractivity contribution in [2.75, 3.05) is 11.6 Å². The van der Waals surface area contributed by atoms with E-state index in [0.717, 1.165) is 0 Å². The number of carbonyl (C=O) groups excluding carboxylic acids is 1. The molecule has 10 heteroatoms. The summed E-state index contributed by atoms with van der Waals surface area (Å²) < 4.78 is 0. The average Bonchev–Trinajstić information content (AvgIpc) is 2.41. The van der Waals surface area contributed by atoms with Crippen LogP contribution < -0.4 is 16.6 Å². The molecule has 2 rings (SSSR count). The molecule has 110 valence electrons. The molecule has 0 bridgehead atoms. The van der Waals surface area contributed by atoms with Gasteiger partial charge in [0.15, 0.2) is 16.1 Å². The molecule has 0 spiro atoms. The summed E-state index contributed by atoms with van der Waals surface area (Å²) in [4.78, 5) is 33.7. The number of hydrogen-bond donors (Lipinski definition) is 3. The summed E-state index contributed by atoms with van der Waals surface area (Å²) >= 11 is 13.0. The second-order valence-corrected chi connectivity index (χ2v) is 5.37. The van der Waals surface area contributed by atoms with Gasteiger partial charge >= 0.3 is 0 Å². The number of aromatic nitrogens is 3. The molecule has 0 saturated heterocycles. The molecule has 21 heavy (non-hydrogen) atoms. The number of nitrogens with zero attached hydrogens (tertiary/aromatic N) is 2. The van der Waals surface area contributed by atoms with Gasteiger partial charge in [0.1, 0.15) is 5.56 Å². The van der Waals surface area contributed by atoms with Gasteiger partial charge in [-0.2, -0.15) is 0 Å². The van der Waals surface area contributed by atoms with E-state index < -0.39 is 11.5 Å². The van der Waals surface area contributed by atoms with E-state index in [1.165, 1.54) is 24.0 Å². The van der Waals surface area contributed by atoms with Crippen LogP contribution in [0.15, 0.2) is 22.2 Å². The van der Waals surface area contributed by atoms with E-state index in [0.29, 0.717) is 15.9 Å². The quantitative estimate of drug-likeness (QED) is 0.443. The number of carbonyl (C=O) groups is 1. The zero-order valence-electron chi connectivity index (χ0n) is 10.6. The molecule has 4 N–H and O–H groups in total. The Bertz CT molecular complexity index is 765. The van der Waals surface area contributed by atoms with Crippen LogP contribution in [0, 0.1) is 0 Å². The highest BCUT2D eigenvalue weighted by atomic mass is 35.5. The summed E-state index contributed by atoms with van der Waals surface area (Å²) in [6.07, 6.45) is 3.09. The number of halogens is 2. The molecule has 7 nitrogen and oxygen atoms in total. The smallest absolute Gasteiger partial charge is 0.266 e. The molecule has 2 heterocycles. The van der Waals surface area contributed by atoms with Gasteiger partial charge in [0.25, 0.3) is 11.5 Å². The van der Waals surface area contributed by atoms with Gasteiger partial charge in [-0.3, -0.25) is 9.59 Å². The van der Waals surface area contributed by atoms with Crippen molar-refractivity contribution in [1.82, 2.24) is 15.0 Å². The third-order valence-corrected chi connectivity index (χ3v) is 3.48. The van der Waals surface area contributed by atoms with Crippen molar-refractivity contribution in [3.8, 4) is 0 Å². The Kier molecular flexibility index (Phi) is 4.71. The van der Waals surface area contributed by atoms with Gasteiger partial charge in [-0.1, -0.05) is 35.0 Å². The van der Waals surface area contributed by atoms with Gasteiger partial charge in [-0.15, -0.1) is 0 Å². The van der Waals surface area contributed by atoms with Gasteiger partial charge in [-0.05, 0) is 12.3 Å². The molecule has 2 aromatic heterocycles.